The van der Waals surface area contributed by atoms with E-state index >= 15 is 0 Å². The van der Waals surface area contributed by atoms with Crippen LogP contribution in [0.3, 0.4) is 0 Å². The minimum atomic E-state index is -0.547. The van der Waals surface area contributed by atoms with Crippen molar-refractivity contribution in [3.8, 4) is 0 Å². The molecule has 0 aliphatic heterocycles. The van der Waals surface area contributed by atoms with E-state index in [1.807, 2.05) is 26.8 Å². The van der Waals surface area contributed by atoms with Gasteiger partial charge in [-0.2, -0.15) is 0 Å². The summed E-state index contributed by atoms with van der Waals surface area (Å²) in [7, 11) is 0. The third-order valence-electron chi connectivity index (χ3n) is 5.54. The molecule has 0 radical (unpaired) electrons. The number of esters is 1. The Kier molecular flexibility index (Phi) is 5.96. The second-order valence-electron chi connectivity index (χ2n) is 8.74. The summed E-state index contributed by atoms with van der Waals surface area (Å²) >= 11 is 0. The molecule has 28 heavy (non-hydrogen) atoms. The van der Waals surface area contributed by atoms with Crippen LogP contribution in [0, 0.1) is 11.8 Å². The molecule has 3 rings (SSSR count). The minimum absolute atomic E-state index is 0.00845. The fourth-order valence-electron chi connectivity index (χ4n) is 4.55. The molecule has 0 heterocycles. The first-order valence-electron chi connectivity index (χ1n) is 10.1. The summed E-state index contributed by atoms with van der Waals surface area (Å²) in [6, 6.07) is -0.0369. The van der Waals surface area contributed by atoms with Crippen molar-refractivity contribution in [2.75, 3.05) is 6.61 Å². The number of hydrogen-bond donors (Lipinski definition) is 1. The van der Waals surface area contributed by atoms with Crippen molar-refractivity contribution in [2.24, 2.45) is 11.8 Å². The Hall–Kier alpha value is -2.11. The second kappa shape index (κ2) is 8.10. The maximum Gasteiger partial charge on any atom is 0.407 e. The van der Waals surface area contributed by atoms with Gasteiger partial charge in [-0.05, 0) is 53.0 Å². The van der Waals surface area contributed by atoms with Crippen LogP contribution in [0.25, 0.3) is 0 Å². The lowest BCUT2D eigenvalue weighted by atomic mass is 9.83. The van der Waals surface area contributed by atoms with Crippen LogP contribution in [0.5, 0.6) is 0 Å². The zero-order valence-corrected chi connectivity index (χ0v) is 17.1. The van der Waals surface area contributed by atoms with Crippen molar-refractivity contribution in [3.63, 3.8) is 0 Å². The molecule has 1 amide bonds. The lowest BCUT2D eigenvalue weighted by Crippen LogP contribution is -2.40. The van der Waals surface area contributed by atoms with Gasteiger partial charge in [0.05, 0.1) is 13.0 Å². The predicted octanol–water partition coefficient (Wildman–Crippen LogP) is 4.74. The first-order valence-corrected chi connectivity index (χ1v) is 10.1. The summed E-state index contributed by atoms with van der Waals surface area (Å²) in [4.78, 5) is 24.3. The van der Waals surface area contributed by atoms with E-state index in [1.165, 1.54) is 17.2 Å². The average molecular weight is 391 g/mol. The van der Waals surface area contributed by atoms with Crippen LogP contribution in [-0.4, -0.2) is 30.3 Å². The molecule has 3 aliphatic carbocycles. The molecule has 0 aromatic rings. The highest BCUT2D eigenvalue weighted by Crippen LogP contribution is 2.52. The fourth-order valence-corrected chi connectivity index (χ4v) is 4.55. The van der Waals surface area contributed by atoms with Gasteiger partial charge in [-0.3, -0.25) is 4.79 Å². The molecule has 3 atom stereocenters. The number of ether oxygens (including phenoxy) is 2. The number of carbonyl (C=O) groups excluding carboxylic acids is 2. The van der Waals surface area contributed by atoms with Gasteiger partial charge in [0.25, 0.3) is 0 Å². The highest BCUT2D eigenvalue weighted by Gasteiger charge is 2.43. The van der Waals surface area contributed by atoms with Gasteiger partial charge >= 0.3 is 12.1 Å². The number of fused-ring (bicyclic) bond motifs is 2. The molecule has 2 unspecified atom stereocenters. The van der Waals surface area contributed by atoms with E-state index in [0.717, 1.165) is 18.4 Å². The van der Waals surface area contributed by atoms with E-state index in [4.69, 9.17) is 9.47 Å². The van der Waals surface area contributed by atoms with Gasteiger partial charge in [0, 0.05) is 24.3 Å². The quantitative estimate of drug-likeness (QED) is 0.555. The van der Waals surface area contributed by atoms with Crippen LogP contribution in [0.15, 0.2) is 34.7 Å². The zero-order valence-electron chi connectivity index (χ0n) is 17.1. The molecule has 0 spiro atoms. The summed E-state index contributed by atoms with van der Waals surface area (Å²) in [5, 5.41) is 2.96. The third kappa shape index (κ3) is 4.65. The Labute approximate surface area is 166 Å². The minimum Gasteiger partial charge on any atom is -0.466 e. The van der Waals surface area contributed by atoms with Crippen LogP contribution >= 0.6 is 0 Å². The molecule has 6 heteroatoms. The Morgan fingerprint density at radius 3 is 2.64 bits per heavy atom. The third-order valence-corrected chi connectivity index (χ3v) is 5.54. The van der Waals surface area contributed by atoms with E-state index in [-0.39, 0.29) is 29.7 Å². The maximum atomic E-state index is 14.0. The van der Waals surface area contributed by atoms with Crippen molar-refractivity contribution < 1.29 is 23.5 Å². The Bertz CT molecular complexity index is 744. The molecule has 0 saturated heterocycles. The van der Waals surface area contributed by atoms with Gasteiger partial charge in [0.15, 0.2) is 0 Å². The van der Waals surface area contributed by atoms with Crippen molar-refractivity contribution in [2.45, 2.75) is 71.4 Å². The molecule has 0 aromatic carbocycles. The lowest BCUT2D eigenvalue weighted by Gasteiger charge is -2.29. The van der Waals surface area contributed by atoms with E-state index in [9.17, 15) is 14.0 Å². The van der Waals surface area contributed by atoms with Crippen molar-refractivity contribution in [1.29, 1.82) is 0 Å². The molecule has 0 saturated carbocycles. The Balaban J connectivity index is 1.76. The summed E-state index contributed by atoms with van der Waals surface area (Å²) in [5.74, 6) is -0.377. The van der Waals surface area contributed by atoms with Gasteiger partial charge in [-0.1, -0.05) is 22.8 Å². The molecule has 3 aliphatic rings. The number of allylic oxidation sites excluding steroid dienone is 5. The number of alkyl carbamates (subject to hydrolysis) is 1. The highest BCUT2D eigenvalue weighted by molar-refractivity contribution is 5.72. The fraction of sp³-hybridized carbons (Fsp3) is 0.636. The number of carbonyl (C=O) groups is 2. The molecule has 1 N–H and O–H groups in total. The SMILES string of the molecule is CCOC(=O)CC1C2=CC=C(F)CC2C2=C1CC[C@@H](NC(=O)OC(C)(C)C)C2. The van der Waals surface area contributed by atoms with E-state index in [2.05, 4.69) is 5.32 Å². The van der Waals surface area contributed by atoms with E-state index in [0.29, 0.717) is 25.9 Å². The second-order valence-corrected chi connectivity index (χ2v) is 8.74. The molecular formula is C22H30FNO4. The standard InChI is InChI=1S/C22H30FNO4/c1-5-27-20(25)12-19-15-8-6-13(23)10-17(15)18-11-14(7-9-16(18)19)24-21(26)28-22(2,3)4/h6,8,14,17,19H,5,7,9-12H2,1-4H3,(H,24,26)/t14-,17?,19?/m1/s1. The first-order chi connectivity index (χ1) is 13.2. The number of nitrogens with one attached hydrogen (secondary N) is 1. The Morgan fingerprint density at radius 2 is 1.96 bits per heavy atom. The number of hydrogen-bond acceptors (Lipinski definition) is 4. The summed E-state index contributed by atoms with van der Waals surface area (Å²) in [5.41, 5.74) is 2.97. The molecule has 0 aromatic heterocycles. The van der Waals surface area contributed by atoms with Crippen LogP contribution in [0.2, 0.25) is 0 Å². The van der Waals surface area contributed by atoms with Crippen molar-refractivity contribution >= 4 is 12.1 Å². The smallest absolute Gasteiger partial charge is 0.407 e. The molecular weight excluding hydrogens is 361 g/mol. The molecule has 0 fully saturated rings. The normalized spacial score (nSPS) is 26.7. The number of halogens is 1. The van der Waals surface area contributed by atoms with Gasteiger partial charge in [-0.15, -0.1) is 0 Å². The van der Waals surface area contributed by atoms with Crippen LogP contribution in [-0.2, 0) is 14.3 Å². The summed E-state index contributed by atoms with van der Waals surface area (Å²) in [6.07, 6.45) is 5.80. The van der Waals surface area contributed by atoms with E-state index < -0.39 is 11.7 Å². The topological polar surface area (TPSA) is 64.6 Å². The monoisotopic (exact) mass is 391 g/mol. The maximum absolute atomic E-state index is 14.0. The summed E-state index contributed by atoms with van der Waals surface area (Å²) < 4.78 is 24.5. The highest BCUT2D eigenvalue weighted by atomic mass is 19.1. The van der Waals surface area contributed by atoms with Gasteiger partial charge in [-0.25, -0.2) is 9.18 Å². The average Bonchev–Trinajstić information content (AvgIpc) is 2.86. The molecule has 5 nitrogen and oxygen atoms in total. The van der Waals surface area contributed by atoms with Crippen molar-refractivity contribution in [1.82, 2.24) is 5.32 Å². The van der Waals surface area contributed by atoms with Gasteiger partial charge in [0.1, 0.15) is 11.4 Å². The van der Waals surface area contributed by atoms with Crippen molar-refractivity contribution in [3.05, 3.63) is 34.7 Å². The molecule has 0 bridgehead atoms. The number of amides is 1. The van der Waals surface area contributed by atoms with Gasteiger partial charge in [0.2, 0.25) is 0 Å². The van der Waals surface area contributed by atoms with Crippen LogP contribution in [0.4, 0.5) is 9.18 Å². The number of rotatable bonds is 4. The summed E-state index contributed by atoms with van der Waals surface area (Å²) in [6.45, 7) is 7.65. The van der Waals surface area contributed by atoms with Gasteiger partial charge < -0.3 is 14.8 Å². The zero-order chi connectivity index (χ0) is 20.5. The first kappa shape index (κ1) is 20.6. The van der Waals surface area contributed by atoms with E-state index in [1.54, 1.807) is 6.92 Å². The van der Waals surface area contributed by atoms with Crippen LogP contribution in [0.1, 0.15) is 59.8 Å². The Morgan fingerprint density at radius 1 is 1.21 bits per heavy atom. The largest absolute Gasteiger partial charge is 0.466 e. The van der Waals surface area contributed by atoms with Crippen LogP contribution < -0.4 is 5.32 Å². The molecule has 154 valence electrons. The lowest BCUT2D eigenvalue weighted by molar-refractivity contribution is -0.143. The predicted molar refractivity (Wildman–Crippen MR) is 104 cm³/mol.